The zero-order chi connectivity index (χ0) is 23.7. The second-order valence-corrected chi connectivity index (χ2v) is 8.42. The SMILES string of the molecule is COC(=O)c1cc(NC(=O)Cc2cc(OC)c(B3OC(C)(C)C(C)(C)O3)cc2F)ccn1. The summed E-state index contributed by atoms with van der Waals surface area (Å²) in [6.45, 7) is 7.61. The number of benzene rings is 1. The molecule has 170 valence electrons. The summed E-state index contributed by atoms with van der Waals surface area (Å²) in [5.41, 5.74) is -0.251. The number of ether oxygens (including phenoxy) is 2. The van der Waals surface area contributed by atoms with Crippen molar-refractivity contribution >= 4 is 30.1 Å². The molecule has 0 atom stereocenters. The van der Waals surface area contributed by atoms with Crippen LogP contribution in [0.4, 0.5) is 10.1 Å². The number of rotatable bonds is 6. The number of nitrogens with zero attached hydrogens (tertiary/aromatic N) is 1. The second kappa shape index (κ2) is 8.87. The summed E-state index contributed by atoms with van der Waals surface area (Å²) in [5.74, 6) is -1.34. The van der Waals surface area contributed by atoms with Crippen LogP contribution in [0.5, 0.6) is 5.75 Å². The molecule has 0 spiro atoms. The third-order valence-corrected chi connectivity index (χ3v) is 5.70. The maximum Gasteiger partial charge on any atom is 0.498 e. The van der Waals surface area contributed by atoms with Crippen molar-refractivity contribution in [3.05, 3.63) is 47.5 Å². The normalized spacial score (nSPS) is 16.5. The van der Waals surface area contributed by atoms with Gasteiger partial charge in [0.15, 0.2) is 0 Å². The molecule has 1 amide bonds. The number of esters is 1. The summed E-state index contributed by atoms with van der Waals surface area (Å²) in [6, 6.07) is 5.62. The molecular formula is C22H26BFN2O6. The van der Waals surface area contributed by atoms with Gasteiger partial charge in [-0.05, 0) is 52.0 Å². The topological polar surface area (TPSA) is 96.0 Å². The smallest absolute Gasteiger partial charge is 0.497 e. The number of aromatic nitrogens is 1. The van der Waals surface area contributed by atoms with Crippen molar-refractivity contribution in [1.29, 1.82) is 0 Å². The number of hydrogen-bond acceptors (Lipinski definition) is 7. The van der Waals surface area contributed by atoms with Crippen LogP contribution in [0.1, 0.15) is 43.7 Å². The number of nitrogens with one attached hydrogen (secondary N) is 1. The fraction of sp³-hybridized carbons (Fsp3) is 0.409. The van der Waals surface area contributed by atoms with Gasteiger partial charge in [-0.3, -0.25) is 4.79 Å². The number of halogens is 1. The minimum Gasteiger partial charge on any atom is -0.497 e. The van der Waals surface area contributed by atoms with E-state index in [1.807, 2.05) is 27.7 Å². The first-order valence-corrected chi connectivity index (χ1v) is 10.0. The molecule has 1 N–H and O–H groups in total. The van der Waals surface area contributed by atoms with Crippen molar-refractivity contribution in [3.8, 4) is 5.75 Å². The molecule has 1 aromatic carbocycles. The molecule has 0 unspecified atom stereocenters. The van der Waals surface area contributed by atoms with Gasteiger partial charge in [0.05, 0.1) is 31.8 Å². The number of amides is 1. The minimum atomic E-state index is -0.805. The van der Waals surface area contributed by atoms with Gasteiger partial charge in [0.1, 0.15) is 17.3 Å². The van der Waals surface area contributed by atoms with E-state index < -0.39 is 36.0 Å². The maximum atomic E-state index is 14.9. The summed E-state index contributed by atoms with van der Waals surface area (Å²) >= 11 is 0. The highest BCUT2D eigenvalue weighted by Crippen LogP contribution is 2.37. The Morgan fingerprint density at radius 3 is 2.38 bits per heavy atom. The van der Waals surface area contributed by atoms with Gasteiger partial charge in [-0.25, -0.2) is 14.2 Å². The van der Waals surface area contributed by atoms with Crippen molar-refractivity contribution in [2.24, 2.45) is 0 Å². The summed E-state index contributed by atoms with van der Waals surface area (Å²) < 4.78 is 36.9. The highest BCUT2D eigenvalue weighted by atomic mass is 19.1. The summed E-state index contributed by atoms with van der Waals surface area (Å²) in [6.07, 6.45) is 1.12. The number of pyridine rings is 1. The minimum absolute atomic E-state index is 0.0462. The lowest BCUT2D eigenvalue weighted by molar-refractivity contribution is -0.115. The molecule has 0 bridgehead atoms. The van der Waals surface area contributed by atoms with Crippen LogP contribution in [0.2, 0.25) is 0 Å². The van der Waals surface area contributed by atoms with Crippen LogP contribution in [-0.2, 0) is 25.3 Å². The monoisotopic (exact) mass is 444 g/mol. The van der Waals surface area contributed by atoms with Crippen LogP contribution in [0.3, 0.4) is 0 Å². The first-order valence-electron chi connectivity index (χ1n) is 10.0. The molecule has 10 heteroatoms. The van der Waals surface area contributed by atoms with Crippen LogP contribution in [0, 0.1) is 5.82 Å². The van der Waals surface area contributed by atoms with E-state index in [1.165, 1.54) is 44.7 Å². The molecule has 1 saturated heterocycles. The molecule has 1 fully saturated rings. The van der Waals surface area contributed by atoms with E-state index in [9.17, 15) is 14.0 Å². The van der Waals surface area contributed by atoms with E-state index in [0.717, 1.165) is 0 Å². The Labute approximate surface area is 186 Å². The van der Waals surface area contributed by atoms with Gasteiger partial charge < -0.3 is 24.1 Å². The standard InChI is InChI=1S/C22H26BFN2O6/c1-21(2)22(3,4)32-23(31-21)15-12-16(24)13(9-18(15)29-5)10-19(27)26-14-7-8-25-17(11-14)20(28)30-6/h7-9,11-12H,10H2,1-6H3,(H,25,26,27). The van der Waals surface area contributed by atoms with E-state index in [1.54, 1.807) is 0 Å². The molecule has 0 saturated carbocycles. The zero-order valence-electron chi connectivity index (χ0n) is 18.9. The lowest BCUT2D eigenvalue weighted by atomic mass is 9.77. The van der Waals surface area contributed by atoms with Crippen molar-refractivity contribution < 1.29 is 32.8 Å². The van der Waals surface area contributed by atoms with Crippen LogP contribution in [0.15, 0.2) is 30.5 Å². The van der Waals surface area contributed by atoms with E-state index in [4.69, 9.17) is 14.0 Å². The van der Waals surface area contributed by atoms with E-state index in [2.05, 4.69) is 15.0 Å². The molecule has 8 nitrogen and oxygen atoms in total. The average molecular weight is 444 g/mol. The predicted octanol–water partition coefficient (Wildman–Crippen LogP) is 2.50. The van der Waals surface area contributed by atoms with Gasteiger partial charge in [-0.2, -0.15) is 0 Å². The van der Waals surface area contributed by atoms with Crippen LogP contribution < -0.4 is 15.5 Å². The highest BCUT2D eigenvalue weighted by Gasteiger charge is 2.52. The van der Waals surface area contributed by atoms with E-state index in [-0.39, 0.29) is 17.7 Å². The Morgan fingerprint density at radius 1 is 1.12 bits per heavy atom. The number of carbonyl (C=O) groups is 2. The van der Waals surface area contributed by atoms with Gasteiger partial charge in [0, 0.05) is 22.9 Å². The number of carbonyl (C=O) groups excluding carboxylic acids is 2. The lowest BCUT2D eigenvalue weighted by Crippen LogP contribution is -2.41. The first-order chi connectivity index (χ1) is 15.0. The van der Waals surface area contributed by atoms with Crippen molar-refractivity contribution in [3.63, 3.8) is 0 Å². The number of anilines is 1. The van der Waals surface area contributed by atoms with Gasteiger partial charge in [0.25, 0.3) is 0 Å². The fourth-order valence-electron chi connectivity index (χ4n) is 3.18. The molecule has 32 heavy (non-hydrogen) atoms. The third kappa shape index (κ3) is 4.76. The molecule has 0 aliphatic carbocycles. The first kappa shape index (κ1) is 23.7. The van der Waals surface area contributed by atoms with Crippen LogP contribution >= 0.6 is 0 Å². The Bertz CT molecular complexity index is 1030. The highest BCUT2D eigenvalue weighted by molar-refractivity contribution is 6.63. The summed E-state index contributed by atoms with van der Waals surface area (Å²) in [5, 5.41) is 2.62. The number of methoxy groups -OCH3 is 2. The predicted molar refractivity (Wildman–Crippen MR) is 117 cm³/mol. The molecule has 3 rings (SSSR count). The number of hydrogen-bond donors (Lipinski definition) is 1. The molecule has 1 aliphatic heterocycles. The summed E-state index contributed by atoms with van der Waals surface area (Å²) in [4.78, 5) is 28.0. The lowest BCUT2D eigenvalue weighted by Gasteiger charge is -2.32. The van der Waals surface area contributed by atoms with E-state index >= 15 is 0 Å². The quantitative estimate of drug-likeness (QED) is 0.540. The Kier molecular flexibility index (Phi) is 6.57. The van der Waals surface area contributed by atoms with Crippen molar-refractivity contribution in [2.75, 3.05) is 19.5 Å². The van der Waals surface area contributed by atoms with Crippen molar-refractivity contribution in [1.82, 2.24) is 4.98 Å². The van der Waals surface area contributed by atoms with Gasteiger partial charge in [-0.15, -0.1) is 0 Å². The molecule has 0 radical (unpaired) electrons. The molecule has 1 aliphatic rings. The van der Waals surface area contributed by atoms with E-state index in [0.29, 0.717) is 16.9 Å². The van der Waals surface area contributed by atoms with Gasteiger partial charge in [0.2, 0.25) is 5.91 Å². The maximum absolute atomic E-state index is 14.9. The molecule has 2 heterocycles. The summed E-state index contributed by atoms with van der Waals surface area (Å²) in [7, 11) is 1.89. The van der Waals surface area contributed by atoms with Crippen LogP contribution in [0.25, 0.3) is 0 Å². The largest absolute Gasteiger partial charge is 0.498 e. The van der Waals surface area contributed by atoms with Crippen molar-refractivity contribution in [2.45, 2.75) is 45.3 Å². The van der Waals surface area contributed by atoms with Gasteiger partial charge in [-0.1, -0.05) is 0 Å². The Morgan fingerprint density at radius 2 is 1.78 bits per heavy atom. The molecule has 1 aromatic heterocycles. The third-order valence-electron chi connectivity index (χ3n) is 5.70. The van der Waals surface area contributed by atoms with Crippen LogP contribution in [-0.4, -0.2) is 49.4 Å². The Balaban J connectivity index is 1.78. The average Bonchev–Trinajstić information content (AvgIpc) is 2.95. The second-order valence-electron chi connectivity index (χ2n) is 8.42. The van der Waals surface area contributed by atoms with Gasteiger partial charge >= 0.3 is 13.1 Å². The molecule has 2 aromatic rings. The Hall–Kier alpha value is -2.98. The zero-order valence-corrected chi connectivity index (χ0v) is 18.9. The fourth-order valence-corrected chi connectivity index (χ4v) is 3.18. The molecular weight excluding hydrogens is 418 g/mol.